The number of hydrogen-bond acceptors (Lipinski definition) is 4. The highest BCUT2D eigenvalue weighted by Gasteiger charge is 2.37. The van der Waals surface area contributed by atoms with E-state index in [2.05, 4.69) is 25.2 Å². The molecule has 0 spiro atoms. The Balaban J connectivity index is 1.90. The summed E-state index contributed by atoms with van der Waals surface area (Å²) in [6.07, 6.45) is 7.11. The number of fused-ring (bicyclic) bond motifs is 1. The third-order valence-electron chi connectivity index (χ3n) is 5.16. The van der Waals surface area contributed by atoms with Crippen LogP contribution in [0.5, 0.6) is 0 Å². The van der Waals surface area contributed by atoms with Gasteiger partial charge in [-0.2, -0.15) is 0 Å². The molecule has 0 bridgehead atoms. The molecule has 0 radical (unpaired) electrons. The second-order valence-electron chi connectivity index (χ2n) is 6.98. The maximum absolute atomic E-state index is 10.5. The second kappa shape index (κ2) is 8.08. The van der Waals surface area contributed by atoms with Gasteiger partial charge in [-0.1, -0.05) is 25.2 Å². The minimum absolute atomic E-state index is 0.0825. The minimum Gasteiger partial charge on any atom is -0.481 e. The molecule has 2 rings (SSSR count). The van der Waals surface area contributed by atoms with E-state index in [-0.39, 0.29) is 30.8 Å². The Morgan fingerprint density at radius 3 is 2.78 bits per heavy atom. The van der Waals surface area contributed by atoms with E-state index in [4.69, 9.17) is 5.11 Å². The van der Waals surface area contributed by atoms with E-state index in [1.165, 1.54) is 5.57 Å². The number of carboxylic acid groups (broad SMARTS) is 1. The molecule has 2 aliphatic rings. The second-order valence-corrected chi connectivity index (χ2v) is 6.98. The quantitative estimate of drug-likeness (QED) is 0.573. The summed E-state index contributed by atoms with van der Waals surface area (Å²) < 4.78 is 0. The molecule has 0 heterocycles. The number of carboxylic acids is 1. The zero-order valence-corrected chi connectivity index (χ0v) is 13.6. The fraction of sp³-hybridized carbons (Fsp3) is 0.722. The molecule has 0 unspecified atom stereocenters. The zero-order valence-electron chi connectivity index (χ0n) is 13.6. The Hall–Kier alpha value is -1.17. The van der Waals surface area contributed by atoms with Gasteiger partial charge in [0.05, 0.1) is 24.7 Å². The van der Waals surface area contributed by atoms with Gasteiger partial charge in [-0.25, -0.2) is 0 Å². The van der Waals surface area contributed by atoms with E-state index in [9.17, 15) is 20.1 Å². The van der Waals surface area contributed by atoms with Crippen LogP contribution >= 0.6 is 0 Å². The van der Waals surface area contributed by atoms with Crippen LogP contribution in [-0.4, -0.2) is 44.7 Å². The molecule has 0 fully saturated rings. The van der Waals surface area contributed by atoms with Gasteiger partial charge in [0.25, 0.3) is 0 Å². The third kappa shape index (κ3) is 4.90. The molecule has 0 saturated carbocycles. The highest BCUT2D eigenvalue weighted by atomic mass is 16.4. The predicted octanol–water partition coefficient (Wildman–Crippen LogP) is 1.87. The molecule has 0 saturated heterocycles. The van der Waals surface area contributed by atoms with Crippen LogP contribution in [-0.2, 0) is 4.79 Å². The van der Waals surface area contributed by atoms with Crippen molar-refractivity contribution in [1.82, 2.24) is 0 Å². The van der Waals surface area contributed by atoms with E-state index in [0.29, 0.717) is 12.3 Å². The fourth-order valence-corrected chi connectivity index (χ4v) is 3.95. The Morgan fingerprint density at radius 2 is 2.09 bits per heavy atom. The Labute approximate surface area is 137 Å². The van der Waals surface area contributed by atoms with E-state index in [1.807, 2.05) is 0 Å². The smallest absolute Gasteiger partial charge is 0.305 e. The van der Waals surface area contributed by atoms with E-state index in [0.717, 1.165) is 19.3 Å². The lowest BCUT2D eigenvalue weighted by atomic mass is 9.66. The molecule has 0 aromatic carbocycles. The summed E-state index contributed by atoms with van der Waals surface area (Å²) in [6.45, 7) is 2.13. The van der Waals surface area contributed by atoms with Gasteiger partial charge in [0.2, 0.25) is 0 Å². The van der Waals surface area contributed by atoms with Crippen molar-refractivity contribution < 1.29 is 25.2 Å². The first-order valence-electron chi connectivity index (χ1n) is 8.52. The summed E-state index contributed by atoms with van der Waals surface area (Å²) in [5.41, 5.74) is 1.20. The molecule has 5 heteroatoms. The van der Waals surface area contributed by atoms with Gasteiger partial charge in [0.1, 0.15) is 0 Å². The minimum atomic E-state index is -1.06. The average Bonchev–Trinajstić information content (AvgIpc) is 2.45. The first kappa shape index (κ1) is 18.2. The maximum Gasteiger partial charge on any atom is 0.305 e. The third-order valence-corrected chi connectivity index (χ3v) is 5.16. The van der Waals surface area contributed by atoms with Crippen molar-refractivity contribution in [2.45, 2.75) is 63.8 Å². The van der Waals surface area contributed by atoms with Gasteiger partial charge in [0.15, 0.2) is 0 Å². The van der Waals surface area contributed by atoms with E-state index >= 15 is 0 Å². The van der Waals surface area contributed by atoms with Crippen LogP contribution < -0.4 is 0 Å². The first-order chi connectivity index (χ1) is 10.9. The largest absolute Gasteiger partial charge is 0.481 e. The predicted molar refractivity (Wildman–Crippen MR) is 86.7 cm³/mol. The number of aliphatic hydroxyl groups is 3. The van der Waals surface area contributed by atoms with Gasteiger partial charge in [-0.15, -0.1) is 0 Å². The molecule has 6 atom stereocenters. The van der Waals surface area contributed by atoms with Crippen molar-refractivity contribution in [2.75, 3.05) is 0 Å². The Bertz CT molecular complexity index is 470. The highest BCUT2D eigenvalue weighted by Crippen LogP contribution is 2.42. The van der Waals surface area contributed by atoms with Crippen molar-refractivity contribution in [3.05, 3.63) is 23.8 Å². The lowest BCUT2D eigenvalue weighted by Crippen LogP contribution is -2.37. The maximum atomic E-state index is 10.5. The van der Waals surface area contributed by atoms with Crippen molar-refractivity contribution in [3.8, 4) is 0 Å². The molecule has 130 valence electrons. The summed E-state index contributed by atoms with van der Waals surface area (Å²) in [4.78, 5) is 10.5. The summed E-state index contributed by atoms with van der Waals surface area (Å²) >= 11 is 0. The number of allylic oxidation sites excluding steroid dienone is 3. The summed E-state index contributed by atoms with van der Waals surface area (Å²) in [5.74, 6) is -0.329. The molecule has 5 nitrogen and oxygen atoms in total. The molecule has 0 aromatic rings. The Kier molecular flexibility index (Phi) is 6.39. The molecule has 0 aliphatic heterocycles. The molecule has 4 N–H and O–H groups in total. The topological polar surface area (TPSA) is 98.0 Å². The van der Waals surface area contributed by atoms with Gasteiger partial charge in [-0.05, 0) is 49.5 Å². The SMILES string of the molecule is C[C@@H]1C=CC2=CCC[C@H](O)[C@@H]2[C@@H]1CC[C@@H](O)C[C@@H](O)CC(=O)O. The van der Waals surface area contributed by atoms with Gasteiger partial charge in [-0.3, -0.25) is 4.79 Å². The standard InChI is InChI=1S/C18H28O5/c1-11-5-6-12-3-2-4-16(21)18(12)15(11)8-7-13(19)9-14(20)10-17(22)23/h3,5-6,11,13-16,18-21H,2,4,7-10H2,1H3,(H,22,23)/t11-,13-,14-,15-,16+,18+/m1/s1. The number of hydrogen-bond donors (Lipinski definition) is 4. The van der Waals surface area contributed by atoms with Crippen LogP contribution in [0.3, 0.4) is 0 Å². The van der Waals surface area contributed by atoms with Crippen molar-refractivity contribution in [3.63, 3.8) is 0 Å². The van der Waals surface area contributed by atoms with Crippen molar-refractivity contribution in [1.29, 1.82) is 0 Å². The van der Waals surface area contributed by atoms with Crippen LogP contribution in [0.2, 0.25) is 0 Å². The summed E-state index contributed by atoms with van der Waals surface area (Å²) in [7, 11) is 0. The van der Waals surface area contributed by atoms with Crippen molar-refractivity contribution in [2.24, 2.45) is 17.8 Å². The molecule has 0 aromatic heterocycles. The van der Waals surface area contributed by atoms with Gasteiger partial charge in [0, 0.05) is 5.92 Å². The van der Waals surface area contributed by atoms with Gasteiger partial charge < -0.3 is 20.4 Å². The van der Waals surface area contributed by atoms with Crippen LogP contribution in [0.1, 0.15) is 45.4 Å². The van der Waals surface area contributed by atoms with Gasteiger partial charge >= 0.3 is 5.97 Å². The first-order valence-corrected chi connectivity index (χ1v) is 8.52. The fourth-order valence-electron chi connectivity index (χ4n) is 3.95. The van der Waals surface area contributed by atoms with Crippen LogP contribution in [0.15, 0.2) is 23.8 Å². The molecule has 0 amide bonds. The number of aliphatic carboxylic acids is 1. The average molecular weight is 324 g/mol. The van der Waals surface area contributed by atoms with E-state index < -0.39 is 18.2 Å². The monoisotopic (exact) mass is 324 g/mol. The lowest BCUT2D eigenvalue weighted by molar-refractivity contribution is -0.139. The molecule has 23 heavy (non-hydrogen) atoms. The zero-order chi connectivity index (χ0) is 17.0. The summed E-state index contributed by atoms with van der Waals surface area (Å²) in [5, 5.41) is 38.7. The van der Waals surface area contributed by atoms with Crippen LogP contribution in [0, 0.1) is 17.8 Å². The van der Waals surface area contributed by atoms with Crippen molar-refractivity contribution >= 4 is 5.97 Å². The highest BCUT2D eigenvalue weighted by molar-refractivity contribution is 5.67. The molecular formula is C18H28O5. The molecule has 2 aliphatic carbocycles. The van der Waals surface area contributed by atoms with E-state index in [1.54, 1.807) is 0 Å². The number of aliphatic hydroxyl groups excluding tert-OH is 3. The number of carbonyl (C=O) groups is 1. The Morgan fingerprint density at radius 1 is 1.35 bits per heavy atom. The number of rotatable bonds is 7. The summed E-state index contributed by atoms with van der Waals surface area (Å²) in [6, 6.07) is 0. The lowest BCUT2D eigenvalue weighted by Gasteiger charge is -2.40. The normalized spacial score (nSPS) is 32.8. The molecular weight excluding hydrogens is 296 g/mol. The van der Waals surface area contributed by atoms with Crippen LogP contribution in [0.4, 0.5) is 0 Å². The van der Waals surface area contributed by atoms with Crippen LogP contribution in [0.25, 0.3) is 0 Å².